The van der Waals surface area contributed by atoms with Gasteiger partial charge in [-0.25, -0.2) is 0 Å². The van der Waals surface area contributed by atoms with E-state index < -0.39 is 0 Å². The van der Waals surface area contributed by atoms with E-state index in [9.17, 15) is 4.79 Å². The number of benzene rings is 1. The molecule has 0 saturated carbocycles. The Kier molecular flexibility index (Phi) is 5.25. The number of ether oxygens (including phenoxy) is 2. The van der Waals surface area contributed by atoms with Crippen LogP contribution in [0.2, 0.25) is 0 Å². The van der Waals surface area contributed by atoms with Gasteiger partial charge in [-0.1, -0.05) is 30.0 Å². The molecule has 21 heavy (non-hydrogen) atoms. The van der Waals surface area contributed by atoms with E-state index in [4.69, 9.17) is 21.7 Å². The maximum Gasteiger partial charge on any atom is 0.265 e. The van der Waals surface area contributed by atoms with Crippen LogP contribution in [0.25, 0.3) is 6.08 Å². The number of nitrogens with zero attached hydrogens (tertiary/aromatic N) is 1. The highest BCUT2D eigenvalue weighted by molar-refractivity contribution is 8.26. The Morgan fingerprint density at radius 3 is 2.48 bits per heavy atom. The number of likely N-dealkylation sites (N-methyl/N-ethyl adjacent to an activating group) is 1. The van der Waals surface area contributed by atoms with Crippen LogP contribution >= 0.6 is 24.0 Å². The quantitative estimate of drug-likeness (QED) is 0.614. The van der Waals surface area contributed by atoms with Crippen LogP contribution < -0.4 is 9.47 Å². The molecule has 1 aliphatic heterocycles. The highest BCUT2D eigenvalue weighted by atomic mass is 32.2. The lowest BCUT2D eigenvalue weighted by Gasteiger charge is -2.11. The van der Waals surface area contributed by atoms with Crippen molar-refractivity contribution in [1.82, 2.24) is 4.90 Å². The van der Waals surface area contributed by atoms with Gasteiger partial charge >= 0.3 is 0 Å². The number of thioether (sulfide) groups is 1. The standard InChI is InChI=1S/C15H17NO3S2/c1-4-18-11-7-6-10(8-12(11)19-5-2)9-13-14(17)16(3)15(20)21-13/h6-9H,4-5H2,1-3H3/b13-9+. The van der Waals surface area contributed by atoms with E-state index in [0.29, 0.717) is 33.9 Å². The number of hydrogen-bond donors (Lipinski definition) is 0. The van der Waals surface area contributed by atoms with Gasteiger partial charge in [-0.2, -0.15) is 0 Å². The largest absolute Gasteiger partial charge is 0.490 e. The molecule has 2 rings (SSSR count). The Bertz CT molecular complexity index is 599. The summed E-state index contributed by atoms with van der Waals surface area (Å²) in [6.45, 7) is 4.98. The first-order valence-electron chi connectivity index (χ1n) is 6.68. The summed E-state index contributed by atoms with van der Waals surface area (Å²) in [7, 11) is 1.68. The Morgan fingerprint density at radius 1 is 1.24 bits per heavy atom. The zero-order valence-electron chi connectivity index (χ0n) is 12.2. The zero-order chi connectivity index (χ0) is 15.4. The van der Waals surface area contributed by atoms with Crippen LogP contribution in [0.3, 0.4) is 0 Å². The van der Waals surface area contributed by atoms with Crippen LogP contribution in [0.15, 0.2) is 23.1 Å². The number of carbonyl (C=O) groups is 1. The molecule has 1 saturated heterocycles. The Hall–Kier alpha value is -1.53. The van der Waals surface area contributed by atoms with Crippen LogP contribution in [-0.2, 0) is 4.79 Å². The average molecular weight is 323 g/mol. The van der Waals surface area contributed by atoms with Crippen molar-refractivity contribution in [2.45, 2.75) is 13.8 Å². The van der Waals surface area contributed by atoms with Gasteiger partial charge in [-0.3, -0.25) is 9.69 Å². The molecule has 1 amide bonds. The predicted molar refractivity (Wildman–Crippen MR) is 89.7 cm³/mol. The summed E-state index contributed by atoms with van der Waals surface area (Å²) in [5.41, 5.74) is 0.885. The van der Waals surface area contributed by atoms with Gasteiger partial charge in [0.1, 0.15) is 4.32 Å². The number of amides is 1. The van der Waals surface area contributed by atoms with E-state index in [2.05, 4.69) is 0 Å². The summed E-state index contributed by atoms with van der Waals surface area (Å²) in [6.07, 6.45) is 1.82. The Labute approximate surface area is 134 Å². The second kappa shape index (κ2) is 6.95. The molecule has 1 aliphatic rings. The minimum absolute atomic E-state index is 0.0724. The van der Waals surface area contributed by atoms with Gasteiger partial charge in [0.25, 0.3) is 5.91 Å². The summed E-state index contributed by atoms with van der Waals surface area (Å²) in [4.78, 5) is 14.1. The van der Waals surface area contributed by atoms with Crippen molar-refractivity contribution >= 4 is 40.3 Å². The molecule has 1 fully saturated rings. The van der Waals surface area contributed by atoms with E-state index in [-0.39, 0.29) is 5.91 Å². The van der Waals surface area contributed by atoms with Crippen molar-refractivity contribution in [3.63, 3.8) is 0 Å². The molecule has 0 N–H and O–H groups in total. The molecule has 0 atom stereocenters. The Balaban J connectivity index is 2.30. The highest BCUT2D eigenvalue weighted by Gasteiger charge is 2.28. The van der Waals surface area contributed by atoms with E-state index in [1.165, 1.54) is 16.7 Å². The van der Waals surface area contributed by atoms with Gasteiger partial charge in [0, 0.05) is 7.05 Å². The molecule has 1 heterocycles. The molecule has 1 aromatic carbocycles. The maximum absolute atomic E-state index is 12.0. The van der Waals surface area contributed by atoms with Crippen LogP contribution in [0.1, 0.15) is 19.4 Å². The molecule has 0 unspecified atom stereocenters. The topological polar surface area (TPSA) is 38.8 Å². The summed E-state index contributed by atoms with van der Waals surface area (Å²) in [6, 6.07) is 5.62. The van der Waals surface area contributed by atoms with Crippen LogP contribution in [0.5, 0.6) is 11.5 Å². The molecule has 0 spiro atoms. The first kappa shape index (κ1) is 15.9. The second-order valence-corrected chi connectivity index (χ2v) is 5.99. The molecule has 6 heteroatoms. The summed E-state index contributed by atoms with van der Waals surface area (Å²) >= 11 is 6.42. The predicted octanol–water partition coefficient (Wildman–Crippen LogP) is 3.32. The minimum atomic E-state index is -0.0724. The first-order chi connectivity index (χ1) is 10.1. The second-order valence-electron chi connectivity index (χ2n) is 4.31. The van der Waals surface area contributed by atoms with Crippen molar-refractivity contribution in [3.05, 3.63) is 28.7 Å². The van der Waals surface area contributed by atoms with E-state index in [1.807, 2.05) is 38.1 Å². The molecular formula is C15H17NO3S2. The van der Waals surface area contributed by atoms with Gasteiger partial charge in [-0.15, -0.1) is 0 Å². The van der Waals surface area contributed by atoms with Crippen LogP contribution in [0.4, 0.5) is 0 Å². The van der Waals surface area contributed by atoms with Gasteiger partial charge in [0.05, 0.1) is 18.1 Å². The van der Waals surface area contributed by atoms with Gasteiger partial charge in [0.2, 0.25) is 0 Å². The summed E-state index contributed by atoms with van der Waals surface area (Å²) < 4.78 is 11.7. The third-order valence-electron chi connectivity index (χ3n) is 2.85. The zero-order valence-corrected chi connectivity index (χ0v) is 13.8. The lowest BCUT2D eigenvalue weighted by atomic mass is 10.2. The smallest absolute Gasteiger partial charge is 0.265 e. The fourth-order valence-corrected chi connectivity index (χ4v) is 3.03. The third kappa shape index (κ3) is 3.57. The molecule has 0 aromatic heterocycles. The van der Waals surface area contributed by atoms with Crippen molar-refractivity contribution in [3.8, 4) is 11.5 Å². The van der Waals surface area contributed by atoms with Gasteiger partial charge in [0.15, 0.2) is 11.5 Å². The monoisotopic (exact) mass is 323 g/mol. The fourth-order valence-electron chi connectivity index (χ4n) is 1.85. The highest BCUT2D eigenvalue weighted by Crippen LogP contribution is 2.34. The SMILES string of the molecule is CCOc1ccc(/C=C2/SC(=S)N(C)C2=O)cc1OCC. The molecule has 0 radical (unpaired) electrons. The van der Waals surface area contributed by atoms with Crippen LogP contribution in [-0.4, -0.2) is 35.4 Å². The minimum Gasteiger partial charge on any atom is -0.490 e. The van der Waals surface area contributed by atoms with Gasteiger partial charge in [-0.05, 0) is 37.6 Å². The van der Waals surface area contributed by atoms with Crippen molar-refractivity contribution in [1.29, 1.82) is 0 Å². The van der Waals surface area contributed by atoms with Crippen molar-refractivity contribution in [2.75, 3.05) is 20.3 Å². The van der Waals surface area contributed by atoms with E-state index >= 15 is 0 Å². The van der Waals surface area contributed by atoms with Crippen LogP contribution in [0, 0.1) is 0 Å². The molecular weight excluding hydrogens is 306 g/mol. The first-order valence-corrected chi connectivity index (χ1v) is 7.90. The molecule has 1 aromatic rings. The normalized spacial score (nSPS) is 16.7. The number of rotatable bonds is 5. The van der Waals surface area contributed by atoms with Crippen molar-refractivity contribution < 1.29 is 14.3 Å². The molecule has 4 nitrogen and oxygen atoms in total. The van der Waals surface area contributed by atoms with Crippen molar-refractivity contribution in [2.24, 2.45) is 0 Å². The summed E-state index contributed by atoms with van der Waals surface area (Å²) in [5, 5.41) is 0. The van der Waals surface area contributed by atoms with E-state index in [1.54, 1.807) is 7.05 Å². The lowest BCUT2D eigenvalue weighted by Crippen LogP contribution is -2.22. The third-order valence-corrected chi connectivity index (χ3v) is 4.34. The number of hydrogen-bond acceptors (Lipinski definition) is 5. The summed E-state index contributed by atoms with van der Waals surface area (Å²) in [5.74, 6) is 1.32. The fraction of sp³-hybridized carbons (Fsp3) is 0.333. The molecule has 0 aliphatic carbocycles. The van der Waals surface area contributed by atoms with Gasteiger partial charge < -0.3 is 9.47 Å². The average Bonchev–Trinajstić information content (AvgIpc) is 2.70. The molecule has 0 bridgehead atoms. The maximum atomic E-state index is 12.0. The Morgan fingerprint density at radius 2 is 1.90 bits per heavy atom. The lowest BCUT2D eigenvalue weighted by molar-refractivity contribution is -0.121. The van der Waals surface area contributed by atoms with E-state index in [0.717, 1.165) is 5.56 Å². The number of carbonyl (C=O) groups excluding carboxylic acids is 1. The number of thiocarbonyl (C=S) groups is 1. The molecule has 112 valence electrons.